The zero-order valence-electron chi connectivity index (χ0n) is 28.9. The molecule has 0 bridgehead atoms. The summed E-state index contributed by atoms with van der Waals surface area (Å²) in [6.07, 6.45) is 0. The standard InChI is InChI=1S/C50H29NO3/c1-3-11-36-30(9-1)21-26-40-47-35(14-7-17-44(47)53-49(36)40)32-19-23-33(24-20-32)51(34-25-28-39-38-13-5-6-16-43(38)52-46(39)29-34)42-15-8-18-45-48(42)41-27-22-31-10-2-4-12-37(31)50(41)54-45/h1-29H. The molecule has 0 amide bonds. The summed E-state index contributed by atoms with van der Waals surface area (Å²) in [5.74, 6) is 0. The number of furan rings is 3. The van der Waals surface area contributed by atoms with Crippen molar-refractivity contribution in [2.24, 2.45) is 0 Å². The molecule has 12 rings (SSSR count). The maximum Gasteiger partial charge on any atom is 0.143 e. The van der Waals surface area contributed by atoms with E-state index in [0.717, 1.165) is 110 Å². The monoisotopic (exact) mass is 691 g/mol. The maximum absolute atomic E-state index is 6.66. The Kier molecular flexibility index (Phi) is 6.02. The van der Waals surface area contributed by atoms with Gasteiger partial charge in [-0.1, -0.05) is 109 Å². The van der Waals surface area contributed by atoms with Crippen molar-refractivity contribution in [3.63, 3.8) is 0 Å². The molecule has 0 atom stereocenters. The van der Waals surface area contributed by atoms with Crippen LogP contribution in [0.25, 0.3) is 98.5 Å². The summed E-state index contributed by atoms with van der Waals surface area (Å²) in [6, 6.07) is 61.9. The van der Waals surface area contributed by atoms with Crippen LogP contribution in [0.5, 0.6) is 0 Å². The second kappa shape index (κ2) is 11.1. The van der Waals surface area contributed by atoms with E-state index in [0.29, 0.717) is 0 Å². The Morgan fingerprint density at radius 3 is 1.63 bits per heavy atom. The number of para-hydroxylation sites is 1. The molecule has 0 N–H and O–H groups in total. The van der Waals surface area contributed by atoms with Gasteiger partial charge in [-0.15, -0.1) is 0 Å². The second-order valence-electron chi connectivity index (χ2n) is 14.0. The molecule has 0 aliphatic carbocycles. The first-order valence-corrected chi connectivity index (χ1v) is 18.2. The van der Waals surface area contributed by atoms with Crippen molar-refractivity contribution in [2.75, 3.05) is 4.90 Å². The number of benzene rings is 9. The summed E-state index contributed by atoms with van der Waals surface area (Å²) in [7, 11) is 0. The molecule has 0 aliphatic heterocycles. The molecule has 3 heterocycles. The molecule has 9 aromatic carbocycles. The van der Waals surface area contributed by atoms with Gasteiger partial charge in [0.15, 0.2) is 0 Å². The third-order valence-electron chi connectivity index (χ3n) is 11.1. The number of anilines is 3. The first-order valence-electron chi connectivity index (χ1n) is 18.2. The predicted octanol–water partition coefficient (Wildman–Crippen LogP) is 14.8. The van der Waals surface area contributed by atoms with Crippen LogP contribution >= 0.6 is 0 Å². The minimum absolute atomic E-state index is 0.844. The SMILES string of the molecule is c1ccc2c(c1)ccc1c2oc2cccc(-c3ccc(N(c4ccc5c(c4)oc4ccccc45)c4cccc5oc6c7ccccc7ccc6c45)cc3)c21. The van der Waals surface area contributed by atoms with Crippen molar-refractivity contribution < 1.29 is 13.3 Å². The van der Waals surface area contributed by atoms with Crippen LogP contribution in [0.15, 0.2) is 189 Å². The quantitative estimate of drug-likeness (QED) is 0.184. The molecule has 0 aliphatic rings. The summed E-state index contributed by atoms with van der Waals surface area (Å²) in [5, 5.41) is 11.1. The Bertz CT molecular complexity index is 3450. The van der Waals surface area contributed by atoms with Crippen molar-refractivity contribution in [1.29, 1.82) is 0 Å². The van der Waals surface area contributed by atoms with Crippen LogP contribution in [-0.2, 0) is 0 Å². The molecule has 0 unspecified atom stereocenters. The second-order valence-corrected chi connectivity index (χ2v) is 14.0. The van der Waals surface area contributed by atoms with Gasteiger partial charge in [0.1, 0.15) is 33.5 Å². The summed E-state index contributed by atoms with van der Waals surface area (Å²) in [6.45, 7) is 0. The average Bonchev–Trinajstić information content (AvgIpc) is 3.93. The van der Waals surface area contributed by atoms with E-state index in [4.69, 9.17) is 13.3 Å². The van der Waals surface area contributed by atoms with Gasteiger partial charge < -0.3 is 18.2 Å². The van der Waals surface area contributed by atoms with Crippen molar-refractivity contribution in [2.45, 2.75) is 0 Å². The first kappa shape index (κ1) is 29.3. The number of hydrogen-bond acceptors (Lipinski definition) is 4. The summed E-state index contributed by atoms with van der Waals surface area (Å²) < 4.78 is 19.6. The first-order chi connectivity index (χ1) is 26.8. The van der Waals surface area contributed by atoms with E-state index in [1.54, 1.807) is 0 Å². The van der Waals surface area contributed by atoms with Gasteiger partial charge in [0.2, 0.25) is 0 Å². The predicted molar refractivity (Wildman–Crippen MR) is 223 cm³/mol. The van der Waals surface area contributed by atoms with Gasteiger partial charge >= 0.3 is 0 Å². The molecule has 0 fully saturated rings. The molecule has 54 heavy (non-hydrogen) atoms. The van der Waals surface area contributed by atoms with E-state index in [-0.39, 0.29) is 0 Å². The molecule has 3 aromatic heterocycles. The van der Waals surface area contributed by atoms with Crippen molar-refractivity contribution in [3.8, 4) is 11.1 Å². The molecular formula is C50H29NO3. The van der Waals surface area contributed by atoms with Crippen LogP contribution in [0.2, 0.25) is 0 Å². The van der Waals surface area contributed by atoms with Gasteiger partial charge in [0.05, 0.1) is 11.1 Å². The van der Waals surface area contributed by atoms with E-state index in [1.807, 2.05) is 12.1 Å². The molecule has 0 radical (unpaired) electrons. The molecule has 12 aromatic rings. The fraction of sp³-hybridized carbons (Fsp3) is 0. The topological polar surface area (TPSA) is 42.7 Å². The Morgan fingerprint density at radius 1 is 0.333 bits per heavy atom. The van der Waals surface area contributed by atoms with E-state index >= 15 is 0 Å². The lowest BCUT2D eigenvalue weighted by Gasteiger charge is -2.26. The lowest BCUT2D eigenvalue weighted by molar-refractivity contribution is 0.669. The number of hydrogen-bond donors (Lipinski definition) is 0. The molecule has 0 spiro atoms. The highest BCUT2D eigenvalue weighted by molar-refractivity contribution is 6.21. The molecular weight excluding hydrogens is 663 g/mol. The maximum atomic E-state index is 6.66. The lowest BCUT2D eigenvalue weighted by Crippen LogP contribution is -2.10. The third kappa shape index (κ3) is 4.19. The Hall–Kier alpha value is -7.30. The smallest absolute Gasteiger partial charge is 0.143 e. The normalized spacial score (nSPS) is 12.1. The molecule has 0 saturated heterocycles. The Labute approximate surface area is 308 Å². The van der Waals surface area contributed by atoms with Crippen LogP contribution < -0.4 is 4.90 Å². The fourth-order valence-corrected chi connectivity index (χ4v) is 8.59. The number of fused-ring (bicyclic) bond motifs is 13. The van der Waals surface area contributed by atoms with Crippen molar-refractivity contribution >= 4 is 104 Å². The van der Waals surface area contributed by atoms with Gasteiger partial charge in [0.25, 0.3) is 0 Å². The van der Waals surface area contributed by atoms with Crippen LogP contribution in [0, 0.1) is 0 Å². The van der Waals surface area contributed by atoms with E-state index in [9.17, 15) is 0 Å². The zero-order valence-corrected chi connectivity index (χ0v) is 28.9. The molecule has 0 saturated carbocycles. The average molecular weight is 692 g/mol. The van der Waals surface area contributed by atoms with E-state index in [1.165, 1.54) is 5.39 Å². The van der Waals surface area contributed by atoms with Crippen LogP contribution in [0.3, 0.4) is 0 Å². The molecule has 4 nitrogen and oxygen atoms in total. The summed E-state index contributed by atoms with van der Waals surface area (Å²) in [4.78, 5) is 2.32. The van der Waals surface area contributed by atoms with E-state index < -0.39 is 0 Å². The Balaban J connectivity index is 1.07. The van der Waals surface area contributed by atoms with Gasteiger partial charge in [-0.05, 0) is 82.6 Å². The van der Waals surface area contributed by atoms with Crippen molar-refractivity contribution in [1.82, 2.24) is 0 Å². The Morgan fingerprint density at radius 2 is 0.889 bits per heavy atom. The number of nitrogens with zero attached hydrogens (tertiary/aromatic N) is 1. The fourth-order valence-electron chi connectivity index (χ4n) is 8.59. The highest BCUT2D eigenvalue weighted by Gasteiger charge is 2.22. The molecule has 252 valence electrons. The third-order valence-corrected chi connectivity index (χ3v) is 11.1. The van der Waals surface area contributed by atoms with Crippen LogP contribution in [0.4, 0.5) is 17.1 Å². The summed E-state index contributed by atoms with van der Waals surface area (Å²) in [5.41, 5.74) is 10.6. The van der Waals surface area contributed by atoms with Gasteiger partial charge in [-0.2, -0.15) is 0 Å². The minimum atomic E-state index is 0.844. The van der Waals surface area contributed by atoms with Gasteiger partial charge in [0, 0.05) is 55.1 Å². The van der Waals surface area contributed by atoms with Crippen LogP contribution in [-0.4, -0.2) is 0 Å². The van der Waals surface area contributed by atoms with Gasteiger partial charge in [-0.3, -0.25) is 0 Å². The minimum Gasteiger partial charge on any atom is -0.456 e. The van der Waals surface area contributed by atoms with Gasteiger partial charge in [-0.25, -0.2) is 0 Å². The van der Waals surface area contributed by atoms with Crippen LogP contribution in [0.1, 0.15) is 0 Å². The zero-order chi connectivity index (χ0) is 35.3. The summed E-state index contributed by atoms with van der Waals surface area (Å²) >= 11 is 0. The highest BCUT2D eigenvalue weighted by Crippen LogP contribution is 2.46. The number of rotatable bonds is 4. The lowest BCUT2D eigenvalue weighted by atomic mass is 9.98. The molecule has 4 heteroatoms. The largest absolute Gasteiger partial charge is 0.456 e. The van der Waals surface area contributed by atoms with Crippen molar-refractivity contribution in [3.05, 3.63) is 176 Å². The van der Waals surface area contributed by atoms with E-state index in [2.05, 4.69) is 169 Å². The highest BCUT2D eigenvalue weighted by atomic mass is 16.3.